The van der Waals surface area contributed by atoms with Crippen LogP contribution in [0, 0.1) is 18.3 Å². The summed E-state index contributed by atoms with van der Waals surface area (Å²) in [7, 11) is 0. The van der Waals surface area contributed by atoms with Crippen LogP contribution in [-0.4, -0.2) is 11.9 Å². The van der Waals surface area contributed by atoms with E-state index < -0.39 is 11.9 Å². The molecular weight excluding hydrogens is 435 g/mol. The lowest BCUT2D eigenvalue weighted by Gasteiger charge is -2.06. The third-order valence-electron chi connectivity index (χ3n) is 4.23. The van der Waals surface area contributed by atoms with Gasteiger partial charge in [0.25, 0.3) is 5.91 Å². The Hall–Kier alpha value is -3.59. The number of benzene rings is 3. The van der Waals surface area contributed by atoms with E-state index in [9.17, 15) is 14.9 Å². The van der Waals surface area contributed by atoms with Crippen molar-refractivity contribution in [2.24, 2.45) is 0 Å². The van der Waals surface area contributed by atoms with Crippen molar-refractivity contribution in [1.82, 2.24) is 0 Å². The normalized spacial score (nSPS) is 10.8. The van der Waals surface area contributed by atoms with Gasteiger partial charge in [0.2, 0.25) is 0 Å². The molecule has 0 aliphatic carbocycles. The van der Waals surface area contributed by atoms with Gasteiger partial charge in [0.1, 0.15) is 17.4 Å². The molecule has 154 valence electrons. The molecule has 0 aliphatic rings. The minimum Gasteiger partial charge on any atom is -0.423 e. The highest BCUT2D eigenvalue weighted by atomic mass is 35.5. The fourth-order valence-electron chi connectivity index (χ4n) is 2.58. The smallest absolute Gasteiger partial charge is 0.343 e. The van der Waals surface area contributed by atoms with E-state index in [4.69, 9.17) is 27.9 Å². The molecule has 0 saturated carbocycles. The molecule has 0 unspecified atom stereocenters. The molecule has 0 heterocycles. The fourth-order valence-corrected chi connectivity index (χ4v) is 2.87. The zero-order valence-corrected chi connectivity index (χ0v) is 17.9. The molecule has 3 rings (SSSR count). The Bertz CT molecular complexity index is 1190. The monoisotopic (exact) mass is 450 g/mol. The first-order chi connectivity index (χ1) is 14.9. The van der Waals surface area contributed by atoms with Crippen molar-refractivity contribution >= 4 is 46.8 Å². The van der Waals surface area contributed by atoms with Crippen molar-refractivity contribution < 1.29 is 14.3 Å². The summed E-state index contributed by atoms with van der Waals surface area (Å²) < 4.78 is 5.35. The summed E-state index contributed by atoms with van der Waals surface area (Å²) in [6.45, 7) is 1.93. The Morgan fingerprint density at radius 3 is 2.26 bits per heavy atom. The van der Waals surface area contributed by atoms with Crippen LogP contribution in [0.3, 0.4) is 0 Å². The van der Waals surface area contributed by atoms with Crippen LogP contribution in [0.5, 0.6) is 5.75 Å². The van der Waals surface area contributed by atoms with E-state index in [1.54, 1.807) is 48.5 Å². The summed E-state index contributed by atoms with van der Waals surface area (Å²) in [4.78, 5) is 24.6. The second-order valence-electron chi connectivity index (χ2n) is 6.58. The molecule has 31 heavy (non-hydrogen) atoms. The van der Waals surface area contributed by atoms with Gasteiger partial charge in [-0.1, -0.05) is 53.0 Å². The van der Waals surface area contributed by atoms with E-state index in [2.05, 4.69) is 5.32 Å². The van der Waals surface area contributed by atoms with Gasteiger partial charge in [0.05, 0.1) is 15.6 Å². The van der Waals surface area contributed by atoms with Gasteiger partial charge in [0.15, 0.2) is 0 Å². The number of amides is 1. The summed E-state index contributed by atoms with van der Waals surface area (Å²) in [5, 5.41) is 12.6. The van der Waals surface area contributed by atoms with Crippen molar-refractivity contribution in [3.8, 4) is 11.8 Å². The van der Waals surface area contributed by atoms with E-state index in [-0.39, 0.29) is 10.6 Å². The predicted octanol–water partition coefficient (Wildman–Crippen LogP) is 6.07. The van der Waals surface area contributed by atoms with Crippen molar-refractivity contribution in [2.75, 3.05) is 5.32 Å². The number of rotatable bonds is 5. The standard InChI is InChI=1S/C24H16Cl2N2O3/c1-15-2-6-17(7-3-15)24(30)31-20-9-4-16(5-10-20)12-18(14-27)23(29)28-19-8-11-21(25)22(26)13-19/h2-13H,1H3,(H,28,29). The number of aryl methyl sites for hydroxylation is 1. The van der Waals surface area contributed by atoms with Crippen molar-refractivity contribution in [3.63, 3.8) is 0 Å². The molecule has 0 saturated heterocycles. The number of ether oxygens (including phenoxy) is 1. The van der Waals surface area contributed by atoms with Gasteiger partial charge < -0.3 is 10.1 Å². The number of esters is 1. The van der Waals surface area contributed by atoms with Crippen molar-refractivity contribution in [1.29, 1.82) is 5.26 Å². The molecule has 3 aromatic rings. The largest absolute Gasteiger partial charge is 0.423 e. The second kappa shape index (κ2) is 9.94. The summed E-state index contributed by atoms with van der Waals surface area (Å²) in [6, 6.07) is 20.0. The highest BCUT2D eigenvalue weighted by molar-refractivity contribution is 6.42. The van der Waals surface area contributed by atoms with Crippen LogP contribution in [0.4, 0.5) is 5.69 Å². The van der Waals surface area contributed by atoms with Crippen LogP contribution in [0.2, 0.25) is 10.0 Å². The molecule has 0 fully saturated rings. The average Bonchev–Trinajstić information content (AvgIpc) is 2.76. The molecule has 0 spiro atoms. The van der Waals surface area contributed by atoms with E-state index in [0.717, 1.165) is 5.56 Å². The minimum atomic E-state index is -0.587. The summed E-state index contributed by atoms with van der Waals surface area (Å²) in [5.41, 5.74) is 2.40. The van der Waals surface area contributed by atoms with Gasteiger partial charge in [-0.15, -0.1) is 0 Å². The lowest BCUT2D eigenvalue weighted by Crippen LogP contribution is -2.13. The van der Waals surface area contributed by atoms with Gasteiger partial charge in [-0.3, -0.25) is 4.79 Å². The van der Waals surface area contributed by atoms with Crippen LogP contribution >= 0.6 is 23.2 Å². The number of anilines is 1. The second-order valence-corrected chi connectivity index (χ2v) is 7.39. The number of carbonyl (C=O) groups is 2. The zero-order valence-electron chi connectivity index (χ0n) is 16.4. The third-order valence-corrected chi connectivity index (χ3v) is 4.97. The van der Waals surface area contributed by atoms with E-state index in [1.165, 1.54) is 12.1 Å². The quantitative estimate of drug-likeness (QED) is 0.221. The third kappa shape index (κ3) is 5.95. The Morgan fingerprint density at radius 1 is 0.968 bits per heavy atom. The Kier molecular flexibility index (Phi) is 7.09. The summed E-state index contributed by atoms with van der Waals surface area (Å²) in [6.07, 6.45) is 1.43. The Labute approximate surface area is 189 Å². The van der Waals surface area contributed by atoms with Crippen LogP contribution in [0.1, 0.15) is 21.5 Å². The molecule has 1 amide bonds. The maximum atomic E-state index is 12.4. The molecular formula is C24H16Cl2N2O3. The highest BCUT2D eigenvalue weighted by Crippen LogP contribution is 2.25. The topological polar surface area (TPSA) is 79.2 Å². The average molecular weight is 451 g/mol. The first-order valence-electron chi connectivity index (χ1n) is 9.13. The maximum absolute atomic E-state index is 12.4. The van der Waals surface area contributed by atoms with Crippen LogP contribution in [-0.2, 0) is 4.79 Å². The lowest BCUT2D eigenvalue weighted by atomic mass is 10.1. The maximum Gasteiger partial charge on any atom is 0.343 e. The first-order valence-corrected chi connectivity index (χ1v) is 9.88. The number of halogens is 2. The molecule has 0 radical (unpaired) electrons. The van der Waals surface area contributed by atoms with Crippen LogP contribution in [0.25, 0.3) is 6.08 Å². The van der Waals surface area contributed by atoms with Gasteiger partial charge >= 0.3 is 5.97 Å². The van der Waals surface area contributed by atoms with Crippen LogP contribution in [0.15, 0.2) is 72.3 Å². The molecule has 0 atom stereocenters. The molecule has 5 nitrogen and oxygen atoms in total. The fraction of sp³-hybridized carbons (Fsp3) is 0.0417. The number of nitrogens with zero attached hydrogens (tertiary/aromatic N) is 1. The minimum absolute atomic E-state index is 0.101. The number of carbonyl (C=O) groups excluding carboxylic acids is 2. The van der Waals surface area contributed by atoms with E-state index in [1.807, 2.05) is 25.1 Å². The lowest BCUT2D eigenvalue weighted by molar-refractivity contribution is -0.112. The Morgan fingerprint density at radius 2 is 1.65 bits per heavy atom. The van der Waals surface area contributed by atoms with Gasteiger partial charge in [-0.2, -0.15) is 5.26 Å². The SMILES string of the molecule is Cc1ccc(C(=O)Oc2ccc(C=C(C#N)C(=O)Nc3ccc(Cl)c(Cl)c3)cc2)cc1. The van der Waals surface area contributed by atoms with Gasteiger partial charge in [-0.05, 0) is 61.0 Å². The van der Waals surface area contributed by atoms with Crippen molar-refractivity contribution in [2.45, 2.75) is 6.92 Å². The Balaban J connectivity index is 1.69. The zero-order chi connectivity index (χ0) is 22.4. The summed E-state index contributed by atoms with van der Waals surface area (Å²) in [5.74, 6) is -0.709. The molecule has 0 aromatic heterocycles. The van der Waals surface area contributed by atoms with Gasteiger partial charge in [0, 0.05) is 5.69 Å². The number of hydrogen-bond donors (Lipinski definition) is 1. The van der Waals surface area contributed by atoms with E-state index >= 15 is 0 Å². The highest BCUT2D eigenvalue weighted by Gasteiger charge is 2.11. The van der Waals surface area contributed by atoms with Crippen LogP contribution < -0.4 is 10.1 Å². The molecule has 0 bridgehead atoms. The number of hydrogen-bond acceptors (Lipinski definition) is 4. The molecule has 1 N–H and O–H groups in total. The van der Waals surface area contributed by atoms with Crippen molar-refractivity contribution in [3.05, 3.63) is 99.0 Å². The summed E-state index contributed by atoms with van der Waals surface area (Å²) >= 11 is 11.8. The first kappa shape index (κ1) is 22.1. The predicted molar refractivity (Wildman–Crippen MR) is 121 cm³/mol. The molecule has 0 aliphatic heterocycles. The number of nitrogens with one attached hydrogen (secondary N) is 1. The molecule has 7 heteroatoms. The molecule has 3 aromatic carbocycles. The van der Waals surface area contributed by atoms with Gasteiger partial charge in [-0.25, -0.2) is 4.79 Å². The number of nitriles is 1. The van der Waals surface area contributed by atoms with E-state index in [0.29, 0.717) is 27.6 Å².